The number of hydrogen-bond donors (Lipinski definition) is 5. The molecule has 0 spiro atoms. The highest BCUT2D eigenvalue weighted by atomic mass is 16.4. The molecule has 5 amide bonds. The normalized spacial score (nSPS) is 15.8. The number of pyridine rings is 2. The minimum atomic E-state index is -1.33. The maximum absolute atomic E-state index is 14.8. The summed E-state index contributed by atoms with van der Waals surface area (Å²) in [6, 6.07) is 24.9. The monoisotopic (exact) mass is 819 g/mol. The molecule has 0 saturated carbocycles. The molecule has 5 rings (SSSR count). The number of carboxylic acid groups (broad SMARTS) is 1. The third-order valence-corrected chi connectivity index (χ3v) is 10.9. The molecule has 60 heavy (non-hydrogen) atoms. The van der Waals surface area contributed by atoms with E-state index in [-0.39, 0.29) is 30.8 Å². The molecule has 5 atom stereocenters. The second kappa shape index (κ2) is 19.5. The molecule has 1 aliphatic rings. The Morgan fingerprint density at radius 1 is 0.783 bits per heavy atom. The van der Waals surface area contributed by atoms with E-state index in [9.17, 15) is 29.4 Å². The zero-order chi connectivity index (χ0) is 43.8. The molecular formula is C47H61N7O6. The van der Waals surface area contributed by atoms with Gasteiger partial charge in [0.25, 0.3) is 0 Å². The molecule has 3 heterocycles. The number of aryl methyl sites for hydroxylation is 2. The van der Waals surface area contributed by atoms with Crippen LogP contribution in [0.25, 0.3) is 11.1 Å². The first-order valence-corrected chi connectivity index (χ1v) is 20.6. The average molecular weight is 820 g/mol. The van der Waals surface area contributed by atoms with Crippen LogP contribution >= 0.6 is 0 Å². The molecule has 5 unspecified atom stereocenters. The lowest BCUT2D eigenvalue weighted by atomic mass is 9.81. The molecular weight excluding hydrogens is 759 g/mol. The minimum absolute atomic E-state index is 0.0429. The topological polar surface area (TPSA) is 177 Å². The molecule has 1 saturated heterocycles. The van der Waals surface area contributed by atoms with E-state index in [1.54, 1.807) is 30.6 Å². The SMILES string of the molecule is Cc1ccc(-c2ccc(CC(c3ccccc3)C(CC(O)CNC(=O)C(NC(=O)O)C(C)(C)C)NC(=O)C(N3CCN(Cc4cccc(C)n4)C3=O)C(C)(C)C)cc2)cn1. The van der Waals surface area contributed by atoms with Gasteiger partial charge in [-0.25, -0.2) is 9.59 Å². The molecule has 5 N–H and O–H groups in total. The number of benzene rings is 2. The lowest BCUT2D eigenvalue weighted by molar-refractivity contribution is -0.130. The van der Waals surface area contributed by atoms with Crippen LogP contribution in [0.5, 0.6) is 0 Å². The van der Waals surface area contributed by atoms with E-state index in [1.807, 2.05) is 114 Å². The van der Waals surface area contributed by atoms with Gasteiger partial charge >= 0.3 is 12.1 Å². The largest absolute Gasteiger partial charge is 0.465 e. The molecule has 13 heteroatoms. The van der Waals surface area contributed by atoms with E-state index in [4.69, 9.17) is 0 Å². The highest BCUT2D eigenvalue weighted by Gasteiger charge is 2.45. The molecule has 1 aliphatic heterocycles. The molecule has 13 nitrogen and oxygen atoms in total. The van der Waals surface area contributed by atoms with Crippen LogP contribution in [0.2, 0.25) is 0 Å². The second-order valence-corrected chi connectivity index (χ2v) is 18.0. The highest BCUT2D eigenvalue weighted by Crippen LogP contribution is 2.32. The van der Waals surface area contributed by atoms with Gasteiger partial charge in [-0.05, 0) is 72.4 Å². The number of nitrogens with one attached hydrogen (secondary N) is 3. The molecule has 0 radical (unpaired) electrons. The summed E-state index contributed by atoms with van der Waals surface area (Å²) < 4.78 is 0. The smallest absolute Gasteiger partial charge is 0.405 e. The molecule has 0 bridgehead atoms. The Kier molecular flexibility index (Phi) is 14.7. The van der Waals surface area contributed by atoms with Crippen LogP contribution in [-0.4, -0.2) is 97.8 Å². The average Bonchev–Trinajstić information content (AvgIpc) is 3.52. The number of carbonyl (C=O) groups is 4. The maximum atomic E-state index is 14.8. The Balaban J connectivity index is 1.45. The second-order valence-electron chi connectivity index (χ2n) is 18.0. The Morgan fingerprint density at radius 3 is 2.07 bits per heavy atom. The molecule has 2 aromatic heterocycles. The van der Waals surface area contributed by atoms with Gasteiger partial charge in [0.05, 0.1) is 18.3 Å². The van der Waals surface area contributed by atoms with Crippen molar-refractivity contribution >= 4 is 23.9 Å². The number of aromatic nitrogens is 2. The van der Waals surface area contributed by atoms with Crippen LogP contribution in [0.3, 0.4) is 0 Å². The number of nitrogens with zero attached hydrogens (tertiary/aromatic N) is 4. The first-order chi connectivity index (χ1) is 28.3. The fraction of sp³-hybridized carbons (Fsp3) is 0.447. The number of carbonyl (C=O) groups excluding carboxylic acids is 3. The van der Waals surface area contributed by atoms with Crippen molar-refractivity contribution in [3.05, 3.63) is 119 Å². The minimum Gasteiger partial charge on any atom is -0.465 e. The fourth-order valence-electron chi connectivity index (χ4n) is 7.87. The van der Waals surface area contributed by atoms with Crippen LogP contribution in [0, 0.1) is 24.7 Å². The summed E-state index contributed by atoms with van der Waals surface area (Å²) in [5, 5.41) is 29.4. The van der Waals surface area contributed by atoms with Gasteiger partial charge in [-0.2, -0.15) is 0 Å². The van der Waals surface area contributed by atoms with Crippen LogP contribution in [0.1, 0.15) is 82.1 Å². The van der Waals surface area contributed by atoms with Gasteiger partial charge in [-0.1, -0.05) is 108 Å². The van der Waals surface area contributed by atoms with Crippen molar-refractivity contribution in [3.63, 3.8) is 0 Å². The van der Waals surface area contributed by atoms with Crippen molar-refractivity contribution < 1.29 is 29.4 Å². The molecule has 2 aromatic carbocycles. The number of urea groups is 1. The van der Waals surface area contributed by atoms with Gasteiger partial charge in [-0.15, -0.1) is 0 Å². The van der Waals surface area contributed by atoms with E-state index in [0.29, 0.717) is 26.1 Å². The van der Waals surface area contributed by atoms with E-state index >= 15 is 0 Å². The van der Waals surface area contributed by atoms with Gasteiger partial charge in [0.2, 0.25) is 11.8 Å². The Morgan fingerprint density at radius 2 is 1.47 bits per heavy atom. The van der Waals surface area contributed by atoms with Crippen molar-refractivity contribution in [3.8, 4) is 11.1 Å². The predicted molar refractivity (Wildman–Crippen MR) is 232 cm³/mol. The number of hydrogen-bond acceptors (Lipinski definition) is 7. The summed E-state index contributed by atoms with van der Waals surface area (Å²) in [4.78, 5) is 66.1. The van der Waals surface area contributed by atoms with Gasteiger partial charge < -0.3 is 36.0 Å². The van der Waals surface area contributed by atoms with Gasteiger partial charge in [-0.3, -0.25) is 19.6 Å². The van der Waals surface area contributed by atoms with E-state index in [1.165, 1.54) is 0 Å². The number of amides is 5. The molecule has 320 valence electrons. The fourth-order valence-corrected chi connectivity index (χ4v) is 7.87. The third-order valence-electron chi connectivity index (χ3n) is 10.9. The van der Waals surface area contributed by atoms with Gasteiger partial charge in [0, 0.05) is 54.7 Å². The Hall–Kier alpha value is -5.82. The first kappa shape index (κ1) is 45.3. The molecule has 0 aliphatic carbocycles. The van der Waals surface area contributed by atoms with Crippen molar-refractivity contribution in [1.29, 1.82) is 0 Å². The van der Waals surface area contributed by atoms with Crippen LogP contribution in [0.4, 0.5) is 9.59 Å². The van der Waals surface area contributed by atoms with E-state index < -0.39 is 47.1 Å². The van der Waals surface area contributed by atoms with E-state index in [2.05, 4.69) is 38.1 Å². The van der Waals surface area contributed by atoms with Crippen molar-refractivity contribution in [1.82, 2.24) is 35.7 Å². The summed E-state index contributed by atoms with van der Waals surface area (Å²) >= 11 is 0. The van der Waals surface area contributed by atoms with Crippen molar-refractivity contribution in [2.24, 2.45) is 10.8 Å². The Labute approximate surface area is 354 Å². The zero-order valence-electron chi connectivity index (χ0n) is 36.1. The van der Waals surface area contributed by atoms with Crippen LogP contribution in [0.15, 0.2) is 91.1 Å². The zero-order valence-corrected chi connectivity index (χ0v) is 36.1. The highest BCUT2D eigenvalue weighted by molar-refractivity contribution is 5.89. The Bertz CT molecular complexity index is 2080. The quantitative estimate of drug-likeness (QED) is 0.0854. The summed E-state index contributed by atoms with van der Waals surface area (Å²) in [5.41, 5.74) is 5.09. The third kappa shape index (κ3) is 12.1. The lowest BCUT2D eigenvalue weighted by Crippen LogP contribution is -2.58. The number of aliphatic hydroxyl groups is 1. The molecule has 1 fully saturated rings. The maximum Gasteiger partial charge on any atom is 0.405 e. The summed E-state index contributed by atoms with van der Waals surface area (Å²) in [6.45, 7) is 15.8. The number of rotatable bonds is 16. The van der Waals surface area contributed by atoms with Crippen molar-refractivity contribution in [2.45, 2.75) is 105 Å². The first-order valence-electron chi connectivity index (χ1n) is 20.6. The lowest BCUT2D eigenvalue weighted by Gasteiger charge is -2.39. The van der Waals surface area contributed by atoms with Crippen molar-refractivity contribution in [2.75, 3.05) is 19.6 Å². The van der Waals surface area contributed by atoms with E-state index in [0.717, 1.165) is 39.3 Å². The van der Waals surface area contributed by atoms with Crippen LogP contribution < -0.4 is 16.0 Å². The summed E-state index contributed by atoms with van der Waals surface area (Å²) in [7, 11) is 0. The number of aliphatic hydroxyl groups excluding tert-OH is 1. The predicted octanol–water partition coefficient (Wildman–Crippen LogP) is 6.47. The summed E-state index contributed by atoms with van der Waals surface area (Å²) in [5.74, 6) is -1.27. The van der Waals surface area contributed by atoms with Crippen LogP contribution in [-0.2, 0) is 22.6 Å². The molecule has 4 aromatic rings. The van der Waals surface area contributed by atoms with Gasteiger partial charge in [0.15, 0.2) is 0 Å². The standard InChI is InChI=1S/C47H61N7O6/c1-30-17-20-35(27-48-30)33-21-18-32(19-22-33)25-38(34-14-10-9-11-15-34)39(26-37(55)28-49-42(56)40(46(3,4)5)52-44(58)59)51-43(57)41(47(6,7)8)54-24-23-53(45(54)60)29-36-16-12-13-31(2)50-36/h9-22,27,37-41,52,55H,23-26,28-29H2,1-8H3,(H,49,56)(H,51,57)(H,58,59). The summed E-state index contributed by atoms with van der Waals surface area (Å²) in [6.07, 6.45) is -0.0791. The van der Waals surface area contributed by atoms with Gasteiger partial charge in [0.1, 0.15) is 12.1 Å².